The molecule has 3 aromatic rings. The fourth-order valence-corrected chi connectivity index (χ4v) is 4.98. The minimum absolute atomic E-state index is 0.129. The second kappa shape index (κ2) is 7.78. The van der Waals surface area contributed by atoms with Gasteiger partial charge >= 0.3 is 0 Å². The highest BCUT2D eigenvalue weighted by atomic mass is 32.1. The molecular weight excluding hydrogens is 376 g/mol. The highest BCUT2D eigenvalue weighted by Crippen LogP contribution is 2.35. The van der Waals surface area contributed by atoms with Crippen molar-refractivity contribution in [3.05, 3.63) is 51.9 Å². The number of nitrogens with one attached hydrogen (secondary N) is 2. The summed E-state index contributed by atoms with van der Waals surface area (Å²) < 4.78 is 1.39. The molecule has 0 saturated heterocycles. The Morgan fingerprint density at radius 2 is 1.96 bits per heavy atom. The van der Waals surface area contributed by atoms with Gasteiger partial charge in [0.15, 0.2) is 5.11 Å². The Morgan fingerprint density at radius 3 is 2.70 bits per heavy atom. The number of nitrogens with zero attached hydrogens (tertiary/aromatic N) is 2. The maximum atomic E-state index is 13.1. The molecule has 2 heterocycles. The van der Waals surface area contributed by atoms with Crippen LogP contribution in [0, 0.1) is 6.92 Å². The van der Waals surface area contributed by atoms with Gasteiger partial charge in [-0.05, 0) is 37.5 Å². The maximum absolute atomic E-state index is 13.1. The van der Waals surface area contributed by atoms with Gasteiger partial charge in [-0.3, -0.25) is 10.2 Å². The van der Waals surface area contributed by atoms with Gasteiger partial charge in [-0.2, -0.15) is 0 Å². The van der Waals surface area contributed by atoms with Gasteiger partial charge in [-0.1, -0.05) is 49.6 Å². The zero-order valence-electron chi connectivity index (χ0n) is 15.2. The Balaban J connectivity index is 1.65. The molecule has 1 saturated carbocycles. The Hall–Kier alpha value is -2.25. The van der Waals surface area contributed by atoms with Crippen molar-refractivity contribution < 1.29 is 0 Å². The molecular formula is C20H22N4OS2. The zero-order valence-corrected chi connectivity index (χ0v) is 16.8. The van der Waals surface area contributed by atoms with E-state index in [2.05, 4.69) is 15.7 Å². The van der Waals surface area contributed by atoms with Gasteiger partial charge in [0.1, 0.15) is 11.2 Å². The summed E-state index contributed by atoms with van der Waals surface area (Å²) in [5.41, 5.74) is 4.86. The van der Waals surface area contributed by atoms with Gasteiger partial charge in [0, 0.05) is 16.5 Å². The van der Waals surface area contributed by atoms with Crippen molar-refractivity contribution >= 4 is 38.9 Å². The van der Waals surface area contributed by atoms with Crippen LogP contribution in [0.25, 0.3) is 21.3 Å². The van der Waals surface area contributed by atoms with Crippen LogP contribution < -0.4 is 16.3 Å². The summed E-state index contributed by atoms with van der Waals surface area (Å²) in [5.74, 6) is 0. The molecule has 1 aliphatic carbocycles. The van der Waals surface area contributed by atoms with Crippen LogP contribution in [-0.2, 0) is 0 Å². The molecule has 2 N–H and O–H groups in total. The van der Waals surface area contributed by atoms with Gasteiger partial charge in [-0.15, -0.1) is 11.3 Å². The second-order valence-corrected chi connectivity index (χ2v) is 8.53. The predicted molar refractivity (Wildman–Crippen MR) is 116 cm³/mol. The van der Waals surface area contributed by atoms with Crippen molar-refractivity contribution in [3.8, 4) is 11.1 Å². The number of thiophene rings is 1. The average Bonchev–Trinajstić information content (AvgIpc) is 3.02. The van der Waals surface area contributed by atoms with Crippen LogP contribution in [0.5, 0.6) is 0 Å². The zero-order chi connectivity index (χ0) is 18.8. The van der Waals surface area contributed by atoms with Crippen LogP contribution in [0.3, 0.4) is 0 Å². The van der Waals surface area contributed by atoms with Crippen LogP contribution in [-0.4, -0.2) is 20.8 Å². The van der Waals surface area contributed by atoms with Crippen LogP contribution in [0.1, 0.15) is 37.0 Å². The van der Waals surface area contributed by atoms with E-state index in [0.29, 0.717) is 16.5 Å². The van der Waals surface area contributed by atoms with Crippen molar-refractivity contribution in [1.82, 2.24) is 15.0 Å². The molecule has 0 atom stereocenters. The topological polar surface area (TPSA) is 59.0 Å². The Kier molecular flexibility index (Phi) is 5.22. The Labute approximate surface area is 167 Å². The van der Waals surface area contributed by atoms with Crippen molar-refractivity contribution in [2.75, 3.05) is 5.43 Å². The molecule has 1 fully saturated rings. The molecule has 1 aromatic carbocycles. The standard InChI is InChI=1S/C20H22N4OS2/c1-13-16(14-8-4-2-5-9-14)17-18(27-13)21-12-24(19(17)25)23-20(26)22-15-10-6-3-7-11-15/h2,4-5,8-9,12,15H,3,6-7,10-11H2,1H3,(H2,22,23,26). The lowest BCUT2D eigenvalue weighted by atomic mass is 9.96. The molecule has 0 bridgehead atoms. The number of fused-ring (bicyclic) bond motifs is 1. The molecule has 5 nitrogen and oxygen atoms in total. The highest BCUT2D eigenvalue weighted by molar-refractivity contribution is 7.80. The van der Waals surface area contributed by atoms with E-state index in [9.17, 15) is 4.79 Å². The van der Waals surface area contributed by atoms with Crippen LogP contribution >= 0.6 is 23.6 Å². The van der Waals surface area contributed by atoms with Crippen molar-refractivity contribution in [2.24, 2.45) is 0 Å². The number of aromatic nitrogens is 2. The molecule has 0 aliphatic heterocycles. The van der Waals surface area contributed by atoms with Gasteiger partial charge in [0.05, 0.1) is 5.39 Å². The number of aryl methyl sites for hydroxylation is 1. The van der Waals surface area contributed by atoms with Gasteiger partial charge < -0.3 is 5.32 Å². The van der Waals surface area contributed by atoms with E-state index in [4.69, 9.17) is 12.2 Å². The summed E-state index contributed by atoms with van der Waals surface area (Å²) in [4.78, 5) is 19.5. The van der Waals surface area contributed by atoms with E-state index in [1.807, 2.05) is 37.3 Å². The number of hydrogen-bond acceptors (Lipinski definition) is 4. The maximum Gasteiger partial charge on any atom is 0.281 e. The molecule has 0 amide bonds. The lowest BCUT2D eigenvalue weighted by molar-refractivity contribution is 0.414. The van der Waals surface area contributed by atoms with Crippen LogP contribution in [0.4, 0.5) is 0 Å². The van der Waals surface area contributed by atoms with E-state index < -0.39 is 0 Å². The van der Waals surface area contributed by atoms with E-state index in [1.165, 1.54) is 30.3 Å². The first-order valence-corrected chi connectivity index (χ1v) is 10.5. The quantitative estimate of drug-likeness (QED) is 0.648. The average molecular weight is 399 g/mol. The molecule has 0 unspecified atom stereocenters. The van der Waals surface area contributed by atoms with Crippen molar-refractivity contribution in [2.45, 2.75) is 45.1 Å². The normalized spacial score (nSPS) is 15.0. The SMILES string of the molecule is Cc1sc2ncn(NC(=S)NC3CCCCC3)c(=O)c2c1-c1ccccc1. The molecule has 0 radical (unpaired) electrons. The van der Waals surface area contributed by atoms with Gasteiger partial charge in [0.2, 0.25) is 0 Å². The molecule has 2 aromatic heterocycles. The summed E-state index contributed by atoms with van der Waals surface area (Å²) in [6.45, 7) is 2.03. The first-order chi connectivity index (χ1) is 13.1. The fraction of sp³-hybridized carbons (Fsp3) is 0.350. The first kappa shape index (κ1) is 18.1. The summed E-state index contributed by atoms with van der Waals surface area (Å²) in [6.07, 6.45) is 7.50. The fourth-order valence-electron chi connectivity index (χ4n) is 3.71. The van der Waals surface area contributed by atoms with Crippen molar-refractivity contribution in [1.29, 1.82) is 0 Å². The van der Waals surface area contributed by atoms with Gasteiger partial charge in [0.25, 0.3) is 5.56 Å². The molecule has 0 spiro atoms. The van der Waals surface area contributed by atoms with E-state index >= 15 is 0 Å². The minimum Gasteiger partial charge on any atom is -0.359 e. The Morgan fingerprint density at radius 1 is 1.22 bits per heavy atom. The van der Waals surface area contributed by atoms with E-state index in [0.717, 1.165) is 33.7 Å². The van der Waals surface area contributed by atoms with Crippen molar-refractivity contribution in [3.63, 3.8) is 0 Å². The predicted octanol–water partition coefficient (Wildman–Crippen LogP) is 4.18. The monoisotopic (exact) mass is 398 g/mol. The number of benzene rings is 1. The number of thiocarbonyl (C=S) groups is 1. The molecule has 140 valence electrons. The first-order valence-electron chi connectivity index (χ1n) is 9.27. The molecule has 1 aliphatic rings. The third kappa shape index (κ3) is 3.75. The third-order valence-electron chi connectivity index (χ3n) is 5.01. The Bertz CT molecular complexity index is 1020. The minimum atomic E-state index is -0.129. The molecule has 27 heavy (non-hydrogen) atoms. The van der Waals surface area contributed by atoms with Gasteiger partial charge in [-0.25, -0.2) is 9.66 Å². The lowest BCUT2D eigenvalue weighted by Crippen LogP contribution is -2.44. The largest absolute Gasteiger partial charge is 0.359 e. The second-order valence-electron chi connectivity index (χ2n) is 6.92. The smallest absolute Gasteiger partial charge is 0.281 e. The summed E-state index contributed by atoms with van der Waals surface area (Å²) in [6, 6.07) is 10.4. The molecule has 7 heteroatoms. The third-order valence-corrected chi connectivity index (χ3v) is 6.24. The summed E-state index contributed by atoms with van der Waals surface area (Å²) >= 11 is 6.97. The van der Waals surface area contributed by atoms with E-state index in [-0.39, 0.29) is 5.56 Å². The lowest BCUT2D eigenvalue weighted by Gasteiger charge is -2.24. The number of hydrogen-bond donors (Lipinski definition) is 2. The summed E-state index contributed by atoms with van der Waals surface area (Å²) in [7, 11) is 0. The van der Waals surface area contributed by atoms with Crippen LogP contribution in [0.15, 0.2) is 41.5 Å². The van der Waals surface area contributed by atoms with E-state index in [1.54, 1.807) is 11.3 Å². The molecule has 4 rings (SSSR count). The van der Waals surface area contributed by atoms with Crippen LogP contribution in [0.2, 0.25) is 0 Å². The number of rotatable bonds is 3. The summed E-state index contributed by atoms with van der Waals surface area (Å²) in [5, 5.41) is 4.44. The highest BCUT2D eigenvalue weighted by Gasteiger charge is 2.18.